The van der Waals surface area contributed by atoms with Crippen molar-refractivity contribution in [3.05, 3.63) is 0 Å². The molecule has 1 rings (SSSR count). The van der Waals surface area contributed by atoms with E-state index in [0.717, 1.165) is 0 Å². The van der Waals surface area contributed by atoms with Crippen LogP contribution in [0.4, 0.5) is 4.79 Å². The number of ether oxygens (including phenoxy) is 1. The van der Waals surface area contributed by atoms with Crippen LogP contribution in [0.3, 0.4) is 0 Å². The normalized spacial score (nSPS) is 20.4. The molecular weight excluding hydrogens is 206 g/mol. The lowest BCUT2D eigenvalue weighted by molar-refractivity contribution is -0.124. The van der Waals surface area contributed by atoms with E-state index in [9.17, 15) is 9.59 Å². The summed E-state index contributed by atoms with van der Waals surface area (Å²) in [5.41, 5.74) is -0.777. The van der Waals surface area contributed by atoms with Gasteiger partial charge in [0, 0.05) is 18.4 Å². The van der Waals surface area contributed by atoms with Gasteiger partial charge < -0.3 is 10.1 Å². The number of Topliss-reactive ketones (excluding diaryl/α,β-unsaturated/α-hetero) is 1. The number of nitrogens with one attached hydrogen (secondary N) is 1. The van der Waals surface area contributed by atoms with Gasteiger partial charge in [-0.2, -0.15) is 0 Å². The Balaban J connectivity index is 2.47. The second-order valence-electron chi connectivity index (χ2n) is 5.75. The Labute approximate surface area is 96.7 Å². The minimum absolute atomic E-state index is 0.261. The number of hydrogen-bond donors (Lipinski definition) is 1. The molecule has 1 amide bonds. The molecule has 0 aliphatic heterocycles. The van der Waals surface area contributed by atoms with Crippen molar-refractivity contribution >= 4 is 11.9 Å². The van der Waals surface area contributed by atoms with Crippen LogP contribution >= 0.6 is 0 Å². The average Bonchev–Trinajstić information content (AvgIpc) is 2.07. The van der Waals surface area contributed by atoms with Gasteiger partial charge in [-0.15, -0.1) is 0 Å². The highest BCUT2D eigenvalue weighted by Crippen LogP contribution is 2.29. The summed E-state index contributed by atoms with van der Waals surface area (Å²) in [4.78, 5) is 22.7. The van der Waals surface area contributed by atoms with Crippen molar-refractivity contribution in [1.82, 2.24) is 5.32 Å². The van der Waals surface area contributed by atoms with Gasteiger partial charge in [-0.3, -0.25) is 4.79 Å². The van der Waals surface area contributed by atoms with Crippen LogP contribution in [0.5, 0.6) is 0 Å². The molecule has 16 heavy (non-hydrogen) atoms. The van der Waals surface area contributed by atoms with Crippen LogP contribution in [0.2, 0.25) is 0 Å². The summed E-state index contributed by atoms with van der Waals surface area (Å²) in [5, 5.41) is 2.76. The highest BCUT2D eigenvalue weighted by Gasteiger charge is 2.34. The summed E-state index contributed by atoms with van der Waals surface area (Å²) in [7, 11) is 0. The smallest absolute Gasteiger partial charge is 0.408 e. The van der Waals surface area contributed by atoms with Crippen LogP contribution in [-0.2, 0) is 9.53 Å². The molecule has 0 spiro atoms. The first kappa shape index (κ1) is 13.0. The standard InChI is InChI=1S/C12H21NO3/c1-11(2,3)13-10(15)16-12(4)7-5-9(14)6-8-12/h5-8H2,1-4H3,(H,13,15). The van der Waals surface area contributed by atoms with Crippen molar-refractivity contribution in [1.29, 1.82) is 0 Å². The summed E-state index contributed by atoms with van der Waals surface area (Å²) in [6.07, 6.45) is 1.88. The van der Waals surface area contributed by atoms with Crippen LogP contribution in [0.25, 0.3) is 0 Å². The fourth-order valence-electron chi connectivity index (χ4n) is 1.72. The molecule has 1 saturated carbocycles. The van der Waals surface area contributed by atoms with E-state index in [1.54, 1.807) is 0 Å². The zero-order valence-corrected chi connectivity index (χ0v) is 10.6. The number of carbonyl (C=O) groups is 2. The Kier molecular flexibility index (Phi) is 3.61. The van der Waals surface area contributed by atoms with Crippen LogP contribution in [0.15, 0.2) is 0 Å². The molecule has 4 nitrogen and oxygen atoms in total. The van der Waals surface area contributed by atoms with Crippen molar-refractivity contribution in [2.45, 2.75) is 64.5 Å². The molecule has 0 aromatic heterocycles. The predicted molar refractivity (Wildman–Crippen MR) is 61.2 cm³/mol. The van der Waals surface area contributed by atoms with E-state index in [-0.39, 0.29) is 11.3 Å². The maximum atomic E-state index is 11.6. The average molecular weight is 227 g/mol. The van der Waals surface area contributed by atoms with Gasteiger partial charge in [0.2, 0.25) is 0 Å². The third-order valence-electron chi connectivity index (χ3n) is 2.68. The third kappa shape index (κ3) is 4.21. The lowest BCUT2D eigenvalue weighted by Crippen LogP contribution is -2.46. The molecule has 0 aromatic rings. The monoisotopic (exact) mass is 227 g/mol. The second-order valence-corrected chi connectivity index (χ2v) is 5.75. The third-order valence-corrected chi connectivity index (χ3v) is 2.68. The molecule has 0 aromatic carbocycles. The van der Waals surface area contributed by atoms with E-state index in [2.05, 4.69) is 5.32 Å². The first-order valence-electron chi connectivity index (χ1n) is 5.73. The molecule has 0 bridgehead atoms. The molecule has 4 heteroatoms. The van der Waals surface area contributed by atoms with Crippen molar-refractivity contribution in [2.24, 2.45) is 0 Å². The van der Waals surface area contributed by atoms with Gasteiger partial charge in [0.1, 0.15) is 11.4 Å². The predicted octanol–water partition coefficient (Wildman–Crippen LogP) is 2.41. The van der Waals surface area contributed by atoms with Gasteiger partial charge in [-0.1, -0.05) is 0 Å². The maximum Gasteiger partial charge on any atom is 0.408 e. The summed E-state index contributed by atoms with van der Waals surface area (Å²) in [6, 6.07) is 0. The van der Waals surface area contributed by atoms with Crippen molar-refractivity contribution in [3.8, 4) is 0 Å². The Morgan fingerprint density at radius 3 is 2.25 bits per heavy atom. The Morgan fingerprint density at radius 1 is 1.31 bits per heavy atom. The van der Waals surface area contributed by atoms with E-state index >= 15 is 0 Å². The van der Waals surface area contributed by atoms with Crippen LogP contribution in [-0.4, -0.2) is 23.0 Å². The number of hydrogen-bond acceptors (Lipinski definition) is 3. The molecule has 1 aliphatic rings. The van der Waals surface area contributed by atoms with Gasteiger partial charge in [-0.25, -0.2) is 4.79 Å². The number of ketones is 1. The Bertz CT molecular complexity index is 281. The first-order valence-corrected chi connectivity index (χ1v) is 5.73. The van der Waals surface area contributed by atoms with E-state index in [1.807, 2.05) is 27.7 Å². The van der Waals surface area contributed by atoms with E-state index in [4.69, 9.17) is 4.74 Å². The maximum absolute atomic E-state index is 11.6. The number of carbonyl (C=O) groups excluding carboxylic acids is 2. The molecule has 1 fully saturated rings. The quantitative estimate of drug-likeness (QED) is 0.748. The SMILES string of the molecule is CC(C)(C)NC(=O)OC1(C)CCC(=O)CC1. The fraction of sp³-hybridized carbons (Fsp3) is 0.833. The highest BCUT2D eigenvalue weighted by molar-refractivity contribution is 5.79. The lowest BCUT2D eigenvalue weighted by Gasteiger charge is -2.33. The Morgan fingerprint density at radius 2 is 1.81 bits per heavy atom. The van der Waals surface area contributed by atoms with Gasteiger partial charge in [0.05, 0.1) is 0 Å². The molecule has 0 saturated heterocycles. The van der Waals surface area contributed by atoms with E-state index in [1.165, 1.54) is 0 Å². The first-order chi connectivity index (χ1) is 7.20. The second kappa shape index (κ2) is 4.44. The molecular formula is C12H21NO3. The molecule has 1 N–H and O–H groups in total. The summed E-state index contributed by atoms with van der Waals surface area (Å²) in [6.45, 7) is 7.60. The van der Waals surface area contributed by atoms with E-state index < -0.39 is 11.7 Å². The Hall–Kier alpha value is -1.06. The molecule has 0 heterocycles. The van der Waals surface area contributed by atoms with Crippen molar-refractivity contribution in [2.75, 3.05) is 0 Å². The minimum Gasteiger partial charge on any atom is -0.443 e. The molecule has 1 aliphatic carbocycles. The van der Waals surface area contributed by atoms with Crippen molar-refractivity contribution in [3.63, 3.8) is 0 Å². The van der Waals surface area contributed by atoms with Gasteiger partial charge >= 0.3 is 6.09 Å². The minimum atomic E-state index is -0.483. The number of rotatable bonds is 1. The summed E-state index contributed by atoms with van der Waals surface area (Å²) >= 11 is 0. The number of alkyl carbamates (subject to hydrolysis) is 1. The zero-order valence-electron chi connectivity index (χ0n) is 10.6. The van der Waals surface area contributed by atoms with Gasteiger partial charge in [0.15, 0.2) is 0 Å². The van der Waals surface area contributed by atoms with Crippen LogP contribution in [0.1, 0.15) is 53.4 Å². The summed E-state index contributed by atoms with van der Waals surface area (Å²) < 4.78 is 5.40. The van der Waals surface area contributed by atoms with Crippen molar-refractivity contribution < 1.29 is 14.3 Å². The van der Waals surface area contributed by atoms with Crippen LogP contribution in [0, 0.1) is 0 Å². The molecule has 0 atom stereocenters. The molecule has 92 valence electrons. The molecule has 0 radical (unpaired) electrons. The highest BCUT2D eigenvalue weighted by atomic mass is 16.6. The van der Waals surface area contributed by atoms with E-state index in [0.29, 0.717) is 25.7 Å². The summed E-state index contributed by atoms with van der Waals surface area (Å²) in [5.74, 6) is 0.261. The molecule has 0 unspecified atom stereocenters. The van der Waals surface area contributed by atoms with Crippen LogP contribution < -0.4 is 5.32 Å². The topological polar surface area (TPSA) is 55.4 Å². The van der Waals surface area contributed by atoms with Gasteiger partial charge in [0.25, 0.3) is 0 Å². The zero-order chi connectivity index (χ0) is 12.4. The lowest BCUT2D eigenvalue weighted by atomic mass is 9.85. The fourth-order valence-corrected chi connectivity index (χ4v) is 1.72. The van der Waals surface area contributed by atoms with Gasteiger partial charge in [-0.05, 0) is 40.5 Å². The number of amides is 1. The largest absolute Gasteiger partial charge is 0.443 e.